The minimum Gasteiger partial charge on any atom is -0.507 e. The predicted octanol–water partition coefficient (Wildman–Crippen LogP) is 2.84. The van der Waals surface area contributed by atoms with Gasteiger partial charge in [0.2, 0.25) is 0 Å². The first kappa shape index (κ1) is 14.6. The largest absolute Gasteiger partial charge is 0.507 e. The molecule has 0 aliphatic rings. The third-order valence-corrected chi connectivity index (χ3v) is 3.42. The van der Waals surface area contributed by atoms with E-state index in [-0.39, 0.29) is 11.3 Å². The molecule has 0 atom stereocenters. The van der Waals surface area contributed by atoms with E-state index in [0.717, 1.165) is 16.5 Å². The Kier molecular flexibility index (Phi) is 3.93. The first-order chi connectivity index (χ1) is 11.1. The van der Waals surface area contributed by atoms with Crippen LogP contribution >= 0.6 is 0 Å². The summed E-state index contributed by atoms with van der Waals surface area (Å²) in [6.45, 7) is 0. The number of benzene rings is 2. The molecule has 0 aliphatic heterocycles. The van der Waals surface area contributed by atoms with Gasteiger partial charge in [0.25, 0.3) is 11.8 Å². The van der Waals surface area contributed by atoms with E-state index >= 15 is 0 Å². The average Bonchev–Trinajstić information content (AvgIpc) is 2.96. The second kappa shape index (κ2) is 6.19. The normalized spacial score (nSPS) is 11.0. The van der Waals surface area contributed by atoms with Crippen LogP contribution in [0.5, 0.6) is 5.75 Å². The summed E-state index contributed by atoms with van der Waals surface area (Å²) in [6, 6.07) is 13.8. The topological polar surface area (TPSA) is 82.2 Å². The Morgan fingerprint density at radius 1 is 1.04 bits per heavy atom. The molecule has 0 bridgehead atoms. The van der Waals surface area contributed by atoms with Crippen molar-refractivity contribution < 1.29 is 14.7 Å². The zero-order valence-corrected chi connectivity index (χ0v) is 12.1. The highest BCUT2D eigenvalue weighted by atomic mass is 16.3. The van der Waals surface area contributed by atoms with Gasteiger partial charge in [-0.05, 0) is 29.8 Å². The van der Waals surface area contributed by atoms with Gasteiger partial charge in [0.15, 0.2) is 0 Å². The number of aromatic nitrogens is 1. The number of aromatic hydroxyl groups is 1. The molecule has 3 aromatic rings. The Bertz CT molecular complexity index is 909. The monoisotopic (exact) mass is 306 g/mol. The van der Waals surface area contributed by atoms with E-state index in [2.05, 4.69) is 10.3 Å². The van der Waals surface area contributed by atoms with Gasteiger partial charge < -0.3 is 10.1 Å². The van der Waals surface area contributed by atoms with Crippen LogP contribution in [0.3, 0.4) is 0 Å². The second-order valence-corrected chi connectivity index (χ2v) is 4.96. The summed E-state index contributed by atoms with van der Waals surface area (Å²) in [5.41, 5.74) is 1.88. The molecule has 0 saturated carbocycles. The summed E-state index contributed by atoms with van der Waals surface area (Å²) in [6.07, 6.45) is 4.71. The highest BCUT2D eigenvalue weighted by molar-refractivity contribution is 6.10. The first-order valence-electron chi connectivity index (χ1n) is 7.02. The number of rotatable bonds is 3. The summed E-state index contributed by atoms with van der Waals surface area (Å²) < 4.78 is 0. The lowest BCUT2D eigenvalue weighted by molar-refractivity contribution is -0.115. The summed E-state index contributed by atoms with van der Waals surface area (Å²) >= 11 is 0. The number of phenols is 1. The number of carbonyl (C=O) groups excluding carboxylic acids is 2. The Morgan fingerprint density at radius 3 is 2.61 bits per heavy atom. The van der Waals surface area contributed by atoms with Crippen LogP contribution in [-0.4, -0.2) is 21.9 Å². The smallest absolute Gasteiger partial charge is 0.261 e. The van der Waals surface area contributed by atoms with Crippen LogP contribution in [0.1, 0.15) is 15.9 Å². The number of carbonyl (C=O) groups is 2. The van der Waals surface area contributed by atoms with Gasteiger partial charge in [-0.25, -0.2) is 0 Å². The number of H-pyrrole nitrogens is 1. The SMILES string of the molecule is O=C(/C=C/c1c[nH]c2ccccc12)NC(=O)c1ccccc1O. The number of hydrogen-bond acceptors (Lipinski definition) is 3. The molecule has 5 heteroatoms. The molecule has 114 valence electrons. The van der Waals surface area contributed by atoms with Crippen molar-refractivity contribution in [1.29, 1.82) is 0 Å². The Balaban J connectivity index is 1.72. The van der Waals surface area contributed by atoms with E-state index in [1.807, 2.05) is 24.3 Å². The Labute approximate surface area is 132 Å². The third kappa shape index (κ3) is 3.13. The molecule has 0 spiro atoms. The highest BCUT2D eigenvalue weighted by Gasteiger charge is 2.12. The van der Waals surface area contributed by atoms with Gasteiger partial charge in [0.05, 0.1) is 5.56 Å². The number of hydrogen-bond donors (Lipinski definition) is 3. The number of aromatic amines is 1. The number of phenolic OH excluding ortho intramolecular Hbond substituents is 1. The van der Waals surface area contributed by atoms with Crippen LogP contribution in [0.25, 0.3) is 17.0 Å². The Hall–Kier alpha value is -3.34. The van der Waals surface area contributed by atoms with E-state index in [1.54, 1.807) is 24.4 Å². The van der Waals surface area contributed by atoms with Crippen molar-refractivity contribution in [2.24, 2.45) is 0 Å². The minimum absolute atomic E-state index is 0.0568. The maximum Gasteiger partial charge on any atom is 0.261 e. The number of fused-ring (bicyclic) bond motifs is 1. The van der Waals surface area contributed by atoms with Crippen LogP contribution in [0.15, 0.2) is 60.8 Å². The van der Waals surface area contributed by atoms with Crippen LogP contribution in [0, 0.1) is 0 Å². The summed E-state index contributed by atoms with van der Waals surface area (Å²) in [7, 11) is 0. The van der Waals surface area contributed by atoms with Gasteiger partial charge in [-0.2, -0.15) is 0 Å². The fraction of sp³-hybridized carbons (Fsp3) is 0. The Morgan fingerprint density at radius 2 is 1.78 bits per heavy atom. The highest BCUT2D eigenvalue weighted by Crippen LogP contribution is 2.19. The van der Waals surface area contributed by atoms with Gasteiger partial charge in [0, 0.05) is 23.2 Å². The molecule has 1 heterocycles. The van der Waals surface area contributed by atoms with Gasteiger partial charge >= 0.3 is 0 Å². The first-order valence-corrected chi connectivity index (χ1v) is 7.02. The molecule has 0 unspecified atom stereocenters. The zero-order valence-electron chi connectivity index (χ0n) is 12.1. The van der Waals surface area contributed by atoms with Gasteiger partial charge in [-0.3, -0.25) is 14.9 Å². The van der Waals surface area contributed by atoms with Crippen LogP contribution < -0.4 is 5.32 Å². The van der Waals surface area contributed by atoms with Crippen LogP contribution in [-0.2, 0) is 4.79 Å². The van der Waals surface area contributed by atoms with Gasteiger partial charge in [-0.15, -0.1) is 0 Å². The quantitative estimate of drug-likeness (QED) is 0.651. The van der Waals surface area contributed by atoms with Crippen LogP contribution in [0.4, 0.5) is 0 Å². The van der Waals surface area contributed by atoms with Crippen molar-refractivity contribution in [3.63, 3.8) is 0 Å². The molecule has 0 saturated heterocycles. The van der Waals surface area contributed by atoms with E-state index in [0.29, 0.717) is 0 Å². The zero-order chi connectivity index (χ0) is 16.2. The van der Waals surface area contributed by atoms with Crippen molar-refractivity contribution in [3.05, 3.63) is 71.9 Å². The molecule has 23 heavy (non-hydrogen) atoms. The van der Waals surface area contributed by atoms with E-state index < -0.39 is 11.8 Å². The van der Waals surface area contributed by atoms with E-state index in [9.17, 15) is 14.7 Å². The molecule has 2 amide bonds. The summed E-state index contributed by atoms with van der Waals surface area (Å²) in [5, 5.41) is 12.8. The lowest BCUT2D eigenvalue weighted by Crippen LogP contribution is -2.28. The van der Waals surface area contributed by atoms with Crippen molar-refractivity contribution in [2.45, 2.75) is 0 Å². The standard InChI is InChI=1S/C18H14N2O3/c21-16-8-4-2-6-14(16)18(23)20-17(22)10-9-12-11-19-15-7-3-1-5-13(12)15/h1-11,19,21H,(H,20,22,23)/b10-9+. The molecule has 1 aromatic heterocycles. The molecule has 3 N–H and O–H groups in total. The van der Waals surface area contributed by atoms with Crippen LogP contribution in [0.2, 0.25) is 0 Å². The van der Waals surface area contributed by atoms with Gasteiger partial charge in [0.1, 0.15) is 5.75 Å². The second-order valence-electron chi connectivity index (χ2n) is 4.96. The van der Waals surface area contributed by atoms with Gasteiger partial charge in [-0.1, -0.05) is 30.3 Å². The number of imide groups is 1. The molecular formula is C18H14N2O3. The number of nitrogens with one attached hydrogen (secondary N) is 2. The van der Waals surface area contributed by atoms with E-state index in [1.165, 1.54) is 18.2 Å². The number of amides is 2. The average molecular weight is 306 g/mol. The maximum absolute atomic E-state index is 11.9. The third-order valence-electron chi connectivity index (χ3n) is 3.42. The molecular weight excluding hydrogens is 292 g/mol. The van der Waals surface area contributed by atoms with Crippen molar-refractivity contribution in [2.75, 3.05) is 0 Å². The fourth-order valence-corrected chi connectivity index (χ4v) is 2.28. The molecule has 2 aromatic carbocycles. The lowest BCUT2D eigenvalue weighted by atomic mass is 10.1. The molecule has 0 fully saturated rings. The van der Waals surface area contributed by atoms with Crippen molar-refractivity contribution in [1.82, 2.24) is 10.3 Å². The molecule has 3 rings (SSSR count). The summed E-state index contributed by atoms with van der Waals surface area (Å²) in [5.74, 6) is -1.36. The number of para-hydroxylation sites is 2. The molecule has 0 aliphatic carbocycles. The molecule has 0 radical (unpaired) electrons. The van der Waals surface area contributed by atoms with E-state index in [4.69, 9.17) is 0 Å². The minimum atomic E-state index is -0.642. The lowest BCUT2D eigenvalue weighted by Gasteiger charge is -2.03. The summed E-state index contributed by atoms with van der Waals surface area (Å²) in [4.78, 5) is 26.9. The fourth-order valence-electron chi connectivity index (χ4n) is 2.28. The van der Waals surface area contributed by atoms with Crippen molar-refractivity contribution in [3.8, 4) is 5.75 Å². The van der Waals surface area contributed by atoms with Crippen molar-refractivity contribution >= 4 is 28.8 Å². The maximum atomic E-state index is 11.9. The molecule has 5 nitrogen and oxygen atoms in total. The predicted molar refractivity (Wildman–Crippen MR) is 87.9 cm³/mol.